The molecule has 0 N–H and O–H groups in total. The van der Waals surface area contributed by atoms with Gasteiger partial charge in [0.2, 0.25) is 0 Å². The summed E-state index contributed by atoms with van der Waals surface area (Å²) < 4.78 is 5.74. The van der Waals surface area contributed by atoms with Gasteiger partial charge in [0.15, 0.2) is 0 Å². The quantitative estimate of drug-likeness (QED) is 0.504. The Morgan fingerprint density at radius 1 is 1.40 bits per heavy atom. The molecule has 0 amide bonds. The molecule has 0 radical (unpaired) electrons. The molecule has 0 fully saturated rings. The third-order valence-electron chi connectivity index (χ3n) is 2.34. The van der Waals surface area contributed by atoms with E-state index in [0.717, 1.165) is 25.2 Å². The van der Waals surface area contributed by atoms with Crippen molar-refractivity contribution in [3.05, 3.63) is 42.0 Å². The number of ether oxygens (including phenoxy) is 1. The number of hydrogen-bond donors (Lipinski definition) is 0. The standard InChI is InChI=1S/C14H20O/c1-4-6-10-15-14-9-8-12(3)11-13(14)7-5-2/h5,8-9,11H,2,4,6-7,10H2,1,3H3. The molecule has 82 valence electrons. The lowest BCUT2D eigenvalue weighted by atomic mass is 10.1. The van der Waals surface area contributed by atoms with Gasteiger partial charge >= 0.3 is 0 Å². The van der Waals surface area contributed by atoms with E-state index in [-0.39, 0.29) is 0 Å². The van der Waals surface area contributed by atoms with Crippen LogP contribution in [-0.2, 0) is 6.42 Å². The van der Waals surface area contributed by atoms with Crippen molar-refractivity contribution in [2.45, 2.75) is 33.1 Å². The molecule has 1 heteroatoms. The highest BCUT2D eigenvalue weighted by molar-refractivity contribution is 5.38. The van der Waals surface area contributed by atoms with Crippen molar-refractivity contribution in [2.75, 3.05) is 6.61 Å². The van der Waals surface area contributed by atoms with Crippen LogP contribution in [0.15, 0.2) is 30.9 Å². The summed E-state index contributed by atoms with van der Waals surface area (Å²) in [7, 11) is 0. The molecule has 0 bridgehead atoms. The summed E-state index contributed by atoms with van der Waals surface area (Å²) >= 11 is 0. The largest absolute Gasteiger partial charge is 0.493 e. The molecule has 15 heavy (non-hydrogen) atoms. The van der Waals surface area contributed by atoms with Crippen molar-refractivity contribution in [1.29, 1.82) is 0 Å². The van der Waals surface area contributed by atoms with Gasteiger partial charge in [0, 0.05) is 0 Å². The van der Waals surface area contributed by atoms with Crippen molar-refractivity contribution in [2.24, 2.45) is 0 Å². The molecule has 0 heterocycles. The summed E-state index contributed by atoms with van der Waals surface area (Å²) in [5.41, 5.74) is 2.51. The van der Waals surface area contributed by atoms with Gasteiger partial charge in [-0.2, -0.15) is 0 Å². The summed E-state index contributed by atoms with van der Waals surface area (Å²) in [4.78, 5) is 0. The summed E-state index contributed by atoms with van der Waals surface area (Å²) in [6.07, 6.45) is 5.08. The van der Waals surface area contributed by atoms with Gasteiger partial charge in [-0.3, -0.25) is 0 Å². The van der Waals surface area contributed by atoms with Crippen LogP contribution < -0.4 is 4.74 Å². The van der Waals surface area contributed by atoms with Crippen molar-refractivity contribution in [3.8, 4) is 5.75 Å². The van der Waals surface area contributed by atoms with E-state index in [9.17, 15) is 0 Å². The summed E-state index contributed by atoms with van der Waals surface area (Å²) in [5, 5.41) is 0. The molecule has 0 aliphatic heterocycles. The summed E-state index contributed by atoms with van der Waals surface area (Å²) in [6.45, 7) is 8.85. The highest BCUT2D eigenvalue weighted by Gasteiger charge is 2.02. The molecular formula is C14H20O. The van der Waals surface area contributed by atoms with Crippen LogP contribution in [0.25, 0.3) is 0 Å². The van der Waals surface area contributed by atoms with Crippen LogP contribution in [0.3, 0.4) is 0 Å². The number of benzene rings is 1. The fourth-order valence-electron chi connectivity index (χ4n) is 1.49. The van der Waals surface area contributed by atoms with Crippen LogP contribution in [0.1, 0.15) is 30.9 Å². The normalized spacial score (nSPS) is 10.0. The predicted molar refractivity (Wildman–Crippen MR) is 65.5 cm³/mol. The van der Waals surface area contributed by atoms with Gasteiger partial charge in [-0.15, -0.1) is 6.58 Å². The zero-order valence-corrected chi connectivity index (χ0v) is 9.75. The third-order valence-corrected chi connectivity index (χ3v) is 2.34. The smallest absolute Gasteiger partial charge is 0.122 e. The number of rotatable bonds is 6. The Labute approximate surface area is 92.8 Å². The lowest BCUT2D eigenvalue weighted by Gasteiger charge is -2.10. The Bertz CT molecular complexity index is 315. The van der Waals surface area contributed by atoms with E-state index < -0.39 is 0 Å². The number of unbranched alkanes of at least 4 members (excludes halogenated alkanes) is 1. The maximum Gasteiger partial charge on any atom is 0.122 e. The molecule has 1 aromatic rings. The minimum Gasteiger partial charge on any atom is -0.493 e. The van der Waals surface area contributed by atoms with E-state index in [1.165, 1.54) is 17.5 Å². The maximum absolute atomic E-state index is 5.74. The van der Waals surface area contributed by atoms with E-state index in [1.54, 1.807) is 0 Å². The monoisotopic (exact) mass is 204 g/mol. The molecule has 0 aromatic heterocycles. The van der Waals surface area contributed by atoms with E-state index in [0.29, 0.717) is 0 Å². The molecule has 0 aliphatic rings. The molecule has 0 spiro atoms. The molecule has 0 aliphatic carbocycles. The topological polar surface area (TPSA) is 9.23 Å². The molecule has 0 saturated heterocycles. The first-order valence-electron chi connectivity index (χ1n) is 5.61. The van der Waals surface area contributed by atoms with Gasteiger partial charge < -0.3 is 4.74 Å². The van der Waals surface area contributed by atoms with Crippen molar-refractivity contribution in [1.82, 2.24) is 0 Å². The van der Waals surface area contributed by atoms with Crippen molar-refractivity contribution < 1.29 is 4.74 Å². The molecule has 1 aromatic carbocycles. The van der Waals surface area contributed by atoms with Crippen LogP contribution in [0, 0.1) is 6.92 Å². The van der Waals surface area contributed by atoms with E-state index >= 15 is 0 Å². The molecule has 1 rings (SSSR count). The SMILES string of the molecule is C=CCc1cc(C)ccc1OCCCC. The zero-order chi connectivity index (χ0) is 11.1. The maximum atomic E-state index is 5.74. The van der Waals surface area contributed by atoms with Gasteiger partial charge in [-0.25, -0.2) is 0 Å². The molecule has 0 atom stereocenters. The van der Waals surface area contributed by atoms with Gasteiger partial charge in [0.1, 0.15) is 5.75 Å². The van der Waals surface area contributed by atoms with Gasteiger partial charge in [0.05, 0.1) is 6.61 Å². The number of allylic oxidation sites excluding steroid dienone is 1. The second-order valence-electron chi connectivity index (χ2n) is 3.81. The number of hydrogen-bond acceptors (Lipinski definition) is 1. The predicted octanol–water partition coefficient (Wildman–Crippen LogP) is 3.90. The van der Waals surface area contributed by atoms with Crippen LogP contribution in [0.2, 0.25) is 0 Å². The molecular weight excluding hydrogens is 184 g/mol. The van der Waals surface area contributed by atoms with Crippen LogP contribution in [0.5, 0.6) is 5.75 Å². The minimum atomic E-state index is 0.809. The summed E-state index contributed by atoms with van der Waals surface area (Å²) in [5.74, 6) is 1.01. The van der Waals surface area contributed by atoms with Crippen LogP contribution in [0.4, 0.5) is 0 Å². The fourth-order valence-corrected chi connectivity index (χ4v) is 1.49. The highest BCUT2D eigenvalue weighted by Crippen LogP contribution is 2.21. The first kappa shape index (κ1) is 11.8. The van der Waals surface area contributed by atoms with Crippen LogP contribution in [-0.4, -0.2) is 6.61 Å². The second kappa shape index (κ2) is 6.28. The molecule has 1 nitrogen and oxygen atoms in total. The van der Waals surface area contributed by atoms with E-state index in [1.807, 2.05) is 6.08 Å². The summed E-state index contributed by atoms with van der Waals surface area (Å²) in [6, 6.07) is 6.32. The van der Waals surface area contributed by atoms with Crippen molar-refractivity contribution in [3.63, 3.8) is 0 Å². The number of aryl methyl sites for hydroxylation is 1. The first-order chi connectivity index (χ1) is 7.27. The average molecular weight is 204 g/mol. The van der Waals surface area contributed by atoms with Crippen molar-refractivity contribution >= 4 is 0 Å². The van der Waals surface area contributed by atoms with E-state index in [4.69, 9.17) is 4.74 Å². The Hall–Kier alpha value is -1.24. The van der Waals surface area contributed by atoms with E-state index in [2.05, 4.69) is 38.6 Å². The lowest BCUT2D eigenvalue weighted by molar-refractivity contribution is 0.307. The Kier molecular flexibility index (Phi) is 4.96. The van der Waals surface area contributed by atoms with Gasteiger partial charge in [0.25, 0.3) is 0 Å². The third kappa shape index (κ3) is 3.78. The minimum absolute atomic E-state index is 0.809. The Balaban J connectivity index is 2.71. The first-order valence-corrected chi connectivity index (χ1v) is 5.61. The average Bonchev–Trinajstić information content (AvgIpc) is 2.22. The molecule has 0 unspecified atom stereocenters. The Morgan fingerprint density at radius 2 is 2.20 bits per heavy atom. The van der Waals surface area contributed by atoms with Gasteiger partial charge in [-0.1, -0.05) is 37.1 Å². The molecule has 0 saturated carbocycles. The lowest BCUT2D eigenvalue weighted by Crippen LogP contribution is -1.99. The zero-order valence-electron chi connectivity index (χ0n) is 9.75. The highest BCUT2D eigenvalue weighted by atomic mass is 16.5. The Morgan fingerprint density at radius 3 is 2.87 bits per heavy atom. The van der Waals surface area contributed by atoms with Crippen LogP contribution >= 0.6 is 0 Å². The fraction of sp³-hybridized carbons (Fsp3) is 0.429. The second-order valence-corrected chi connectivity index (χ2v) is 3.81. The van der Waals surface area contributed by atoms with Gasteiger partial charge in [-0.05, 0) is 31.4 Å².